The molecule has 26 heavy (non-hydrogen) atoms. The monoisotopic (exact) mass is 380 g/mol. The number of pyridine rings is 1. The van der Waals surface area contributed by atoms with E-state index >= 15 is 0 Å². The first kappa shape index (κ1) is 19.1. The number of carbonyl (C=O) groups is 1. The van der Waals surface area contributed by atoms with Gasteiger partial charge in [0, 0.05) is 19.3 Å². The van der Waals surface area contributed by atoms with E-state index < -0.39 is 0 Å². The number of amides is 1. The van der Waals surface area contributed by atoms with Crippen molar-refractivity contribution in [2.45, 2.75) is 51.7 Å². The minimum Gasteiger partial charge on any atom is -0.381 e. The summed E-state index contributed by atoms with van der Waals surface area (Å²) in [5.41, 5.74) is 1.13. The number of aromatic nitrogens is 3. The first-order chi connectivity index (χ1) is 12.3. The van der Waals surface area contributed by atoms with Gasteiger partial charge >= 0.3 is 0 Å². The molecule has 2 aromatic heterocycles. The Hall–Kier alpha value is -1.70. The zero-order valence-corrected chi connectivity index (χ0v) is 16.2. The molecule has 0 aliphatic carbocycles. The van der Waals surface area contributed by atoms with Crippen LogP contribution in [0.25, 0.3) is 11.2 Å². The molecule has 1 amide bonds. The fourth-order valence-corrected chi connectivity index (χ4v) is 3.11. The predicted octanol–water partition coefficient (Wildman–Crippen LogP) is 3.58. The summed E-state index contributed by atoms with van der Waals surface area (Å²) in [7, 11) is 0. The van der Waals surface area contributed by atoms with Gasteiger partial charge in [0.05, 0.1) is 18.6 Å². The largest absolute Gasteiger partial charge is 0.381 e. The number of fused-ring (bicyclic) bond motifs is 1. The Labute approximate surface area is 158 Å². The van der Waals surface area contributed by atoms with Crippen LogP contribution >= 0.6 is 11.6 Å². The van der Waals surface area contributed by atoms with E-state index in [9.17, 15) is 4.79 Å². The van der Waals surface area contributed by atoms with E-state index in [-0.39, 0.29) is 24.0 Å². The molecule has 0 unspecified atom stereocenters. The van der Waals surface area contributed by atoms with Gasteiger partial charge in [-0.1, -0.05) is 11.6 Å². The molecule has 3 rings (SSSR count). The van der Waals surface area contributed by atoms with Crippen LogP contribution in [0, 0.1) is 0 Å². The Bertz CT molecular complexity index is 779. The minimum absolute atomic E-state index is 0.135. The van der Waals surface area contributed by atoms with Crippen LogP contribution in [0.15, 0.2) is 12.1 Å². The van der Waals surface area contributed by atoms with Gasteiger partial charge < -0.3 is 9.47 Å². The fourth-order valence-electron chi connectivity index (χ4n) is 2.97. The lowest BCUT2D eigenvalue weighted by Crippen LogP contribution is -2.25. The van der Waals surface area contributed by atoms with E-state index in [1.165, 1.54) is 0 Å². The summed E-state index contributed by atoms with van der Waals surface area (Å²) < 4.78 is 13.1. The van der Waals surface area contributed by atoms with Crippen molar-refractivity contribution in [3.8, 4) is 0 Å². The summed E-state index contributed by atoms with van der Waals surface area (Å²) in [5.74, 6) is 0.367. The van der Waals surface area contributed by atoms with E-state index in [0.29, 0.717) is 42.1 Å². The van der Waals surface area contributed by atoms with Crippen LogP contribution in [-0.4, -0.2) is 45.9 Å². The Morgan fingerprint density at radius 1 is 1.35 bits per heavy atom. The van der Waals surface area contributed by atoms with E-state index in [1.54, 1.807) is 6.07 Å². The van der Waals surface area contributed by atoms with Crippen LogP contribution in [0.4, 0.5) is 5.95 Å². The van der Waals surface area contributed by atoms with Gasteiger partial charge in [-0.2, -0.15) is 0 Å². The van der Waals surface area contributed by atoms with Crippen LogP contribution in [-0.2, 0) is 14.3 Å². The second kappa shape index (κ2) is 7.90. The average Bonchev–Trinajstić information content (AvgIpc) is 2.91. The van der Waals surface area contributed by atoms with Gasteiger partial charge in [-0.3, -0.25) is 14.7 Å². The molecule has 2 aromatic rings. The summed E-state index contributed by atoms with van der Waals surface area (Å²) >= 11 is 6.07. The van der Waals surface area contributed by atoms with Crippen molar-refractivity contribution >= 4 is 34.6 Å². The highest BCUT2D eigenvalue weighted by atomic mass is 35.5. The Kier molecular flexibility index (Phi) is 5.79. The number of nitrogens with one attached hydrogen (secondary N) is 1. The second-order valence-corrected chi connectivity index (χ2v) is 7.77. The molecule has 0 aromatic carbocycles. The lowest BCUT2D eigenvalue weighted by molar-refractivity contribution is -0.118. The number of carbonyl (C=O) groups excluding carboxylic acids is 1. The topological polar surface area (TPSA) is 78.3 Å². The predicted molar refractivity (Wildman–Crippen MR) is 101 cm³/mol. The zero-order chi connectivity index (χ0) is 18.7. The number of hydrogen-bond acceptors (Lipinski definition) is 5. The first-order valence-electron chi connectivity index (χ1n) is 8.89. The molecule has 3 heterocycles. The molecular formula is C18H25ClN4O3. The molecule has 142 valence electrons. The van der Waals surface area contributed by atoms with Crippen molar-refractivity contribution in [3.63, 3.8) is 0 Å². The molecule has 1 aliphatic heterocycles. The molecule has 1 fully saturated rings. The van der Waals surface area contributed by atoms with Crippen LogP contribution in [0.2, 0.25) is 5.15 Å². The van der Waals surface area contributed by atoms with Gasteiger partial charge in [-0.25, -0.2) is 9.97 Å². The zero-order valence-electron chi connectivity index (χ0n) is 15.4. The molecule has 1 aliphatic rings. The number of imidazole rings is 1. The maximum atomic E-state index is 12.4. The molecule has 7 nitrogen and oxygen atoms in total. The lowest BCUT2D eigenvalue weighted by atomic mass is 10.1. The maximum absolute atomic E-state index is 12.4. The molecular weight excluding hydrogens is 356 g/mol. The molecule has 0 spiro atoms. The highest BCUT2D eigenvalue weighted by molar-refractivity contribution is 6.29. The van der Waals surface area contributed by atoms with Gasteiger partial charge in [-0.15, -0.1) is 0 Å². The van der Waals surface area contributed by atoms with Gasteiger partial charge in [-0.05, 0) is 45.7 Å². The quantitative estimate of drug-likeness (QED) is 0.802. The number of halogens is 1. The van der Waals surface area contributed by atoms with Crippen LogP contribution in [0.1, 0.15) is 46.1 Å². The van der Waals surface area contributed by atoms with Gasteiger partial charge in [0.15, 0.2) is 5.65 Å². The van der Waals surface area contributed by atoms with E-state index in [0.717, 1.165) is 12.8 Å². The highest BCUT2D eigenvalue weighted by Gasteiger charge is 2.24. The third-order valence-electron chi connectivity index (χ3n) is 4.17. The van der Waals surface area contributed by atoms with Gasteiger partial charge in [0.1, 0.15) is 10.7 Å². The highest BCUT2D eigenvalue weighted by Crippen LogP contribution is 2.30. The van der Waals surface area contributed by atoms with Crippen molar-refractivity contribution in [2.75, 3.05) is 25.1 Å². The molecule has 1 saturated heterocycles. The average molecular weight is 381 g/mol. The van der Waals surface area contributed by atoms with Crippen LogP contribution in [0.3, 0.4) is 0 Å². The SMILES string of the molecule is CC(C)(C)OCCC(=O)Nc1nc2ccc(Cl)nc2n1C1CCOCC1. The molecule has 0 atom stereocenters. The third kappa shape index (κ3) is 4.72. The standard InChI is InChI=1S/C18H25ClN4O3/c1-18(2,3)26-11-8-15(24)22-17-20-13-4-5-14(19)21-16(13)23(17)12-6-9-25-10-7-12/h4-5,12H,6-11H2,1-3H3,(H,20,22,24). The Balaban J connectivity index is 1.81. The Morgan fingerprint density at radius 3 is 2.77 bits per heavy atom. The van der Waals surface area contributed by atoms with Crippen LogP contribution < -0.4 is 5.32 Å². The Morgan fingerprint density at radius 2 is 2.08 bits per heavy atom. The molecule has 0 saturated carbocycles. The first-order valence-corrected chi connectivity index (χ1v) is 9.27. The maximum Gasteiger partial charge on any atom is 0.229 e. The number of rotatable bonds is 5. The van der Waals surface area contributed by atoms with E-state index in [4.69, 9.17) is 21.1 Å². The smallest absolute Gasteiger partial charge is 0.229 e. The van der Waals surface area contributed by atoms with Crippen molar-refractivity contribution in [1.82, 2.24) is 14.5 Å². The summed E-state index contributed by atoms with van der Waals surface area (Å²) in [6, 6.07) is 3.69. The summed E-state index contributed by atoms with van der Waals surface area (Å²) in [6.45, 7) is 7.60. The fraction of sp³-hybridized carbons (Fsp3) is 0.611. The number of anilines is 1. The lowest BCUT2D eigenvalue weighted by Gasteiger charge is -2.25. The summed E-state index contributed by atoms with van der Waals surface area (Å²) in [5, 5.41) is 3.32. The van der Waals surface area contributed by atoms with Crippen molar-refractivity contribution < 1.29 is 14.3 Å². The van der Waals surface area contributed by atoms with Crippen molar-refractivity contribution in [3.05, 3.63) is 17.3 Å². The molecule has 0 bridgehead atoms. The minimum atomic E-state index is -0.268. The number of nitrogens with zero attached hydrogens (tertiary/aromatic N) is 3. The molecule has 1 N–H and O–H groups in total. The third-order valence-corrected chi connectivity index (χ3v) is 4.39. The molecule has 0 radical (unpaired) electrons. The van der Waals surface area contributed by atoms with Crippen molar-refractivity contribution in [1.29, 1.82) is 0 Å². The van der Waals surface area contributed by atoms with Crippen molar-refractivity contribution in [2.24, 2.45) is 0 Å². The number of ether oxygens (including phenoxy) is 2. The second-order valence-electron chi connectivity index (χ2n) is 7.38. The number of hydrogen-bond donors (Lipinski definition) is 1. The molecule has 8 heteroatoms. The summed E-state index contributed by atoms with van der Waals surface area (Å²) in [4.78, 5) is 21.3. The van der Waals surface area contributed by atoms with Crippen LogP contribution in [0.5, 0.6) is 0 Å². The van der Waals surface area contributed by atoms with Gasteiger partial charge in [0.2, 0.25) is 11.9 Å². The van der Waals surface area contributed by atoms with E-state index in [2.05, 4.69) is 15.3 Å². The van der Waals surface area contributed by atoms with E-state index in [1.807, 2.05) is 31.4 Å². The summed E-state index contributed by atoms with van der Waals surface area (Å²) in [6.07, 6.45) is 1.95. The van der Waals surface area contributed by atoms with Gasteiger partial charge in [0.25, 0.3) is 0 Å². The normalized spacial score (nSPS) is 16.2.